The molecule has 13 heavy (non-hydrogen) atoms. The van der Waals surface area contributed by atoms with Crippen LogP contribution in [-0.4, -0.2) is 11.1 Å². The minimum absolute atomic E-state index is 0. The maximum absolute atomic E-state index is 12.2. The first kappa shape index (κ1) is 12.7. The van der Waals surface area contributed by atoms with Gasteiger partial charge in [-0.05, 0) is 11.5 Å². The standard InChI is InChI=1S/C8H10ClFO2.ClH/c1-8(2)4(3-5(9)10)6(8)7(11)12;/h3-4,6H,1-2H3,(H,11,12);1H. The van der Waals surface area contributed by atoms with E-state index in [1.54, 1.807) is 13.8 Å². The molecule has 0 aromatic heterocycles. The molecule has 2 unspecified atom stereocenters. The molecule has 0 aliphatic heterocycles. The second-order valence-corrected chi connectivity index (χ2v) is 3.98. The quantitative estimate of drug-likeness (QED) is 0.790. The molecule has 1 aliphatic rings. The second kappa shape index (κ2) is 3.84. The molecule has 0 spiro atoms. The smallest absolute Gasteiger partial charge is 0.307 e. The number of allylic oxidation sites excluding steroid dienone is 1. The molecule has 0 aromatic rings. The van der Waals surface area contributed by atoms with E-state index in [1.165, 1.54) is 6.08 Å². The van der Waals surface area contributed by atoms with Gasteiger partial charge in [-0.3, -0.25) is 4.79 Å². The van der Waals surface area contributed by atoms with Crippen LogP contribution in [0.2, 0.25) is 0 Å². The molecule has 1 saturated carbocycles. The highest BCUT2D eigenvalue weighted by Gasteiger charge is 2.61. The monoisotopic (exact) mass is 228 g/mol. The predicted octanol–water partition coefficient (Wildman–Crippen LogP) is 2.81. The molecule has 1 aliphatic carbocycles. The Labute approximate surface area is 87.2 Å². The third-order valence-corrected chi connectivity index (χ3v) is 2.61. The average Bonchev–Trinajstić information content (AvgIpc) is 2.32. The second-order valence-electron chi connectivity index (χ2n) is 3.62. The summed E-state index contributed by atoms with van der Waals surface area (Å²) in [5.41, 5.74) is -0.363. The summed E-state index contributed by atoms with van der Waals surface area (Å²) in [5.74, 6) is -1.66. The topological polar surface area (TPSA) is 37.3 Å². The van der Waals surface area contributed by atoms with Crippen LogP contribution >= 0.6 is 24.0 Å². The van der Waals surface area contributed by atoms with Crippen molar-refractivity contribution in [1.82, 2.24) is 0 Å². The molecule has 0 saturated heterocycles. The van der Waals surface area contributed by atoms with Crippen molar-refractivity contribution < 1.29 is 14.3 Å². The average molecular weight is 229 g/mol. The molecule has 5 heteroatoms. The first-order chi connectivity index (χ1) is 5.37. The van der Waals surface area contributed by atoms with Gasteiger partial charge in [-0.25, -0.2) is 0 Å². The zero-order chi connectivity index (χ0) is 9.52. The number of carboxylic acids is 1. The minimum Gasteiger partial charge on any atom is -0.481 e. The van der Waals surface area contributed by atoms with Crippen LogP contribution in [0.3, 0.4) is 0 Å². The summed E-state index contributed by atoms with van der Waals surface area (Å²) >= 11 is 5.01. The largest absolute Gasteiger partial charge is 0.481 e. The van der Waals surface area contributed by atoms with Gasteiger partial charge in [0, 0.05) is 5.92 Å². The first-order valence-electron chi connectivity index (χ1n) is 3.63. The van der Waals surface area contributed by atoms with Gasteiger partial charge in [0.1, 0.15) is 0 Å². The van der Waals surface area contributed by atoms with Gasteiger partial charge in [0.15, 0.2) is 5.29 Å². The Balaban J connectivity index is 0.00000144. The van der Waals surface area contributed by atoms with Gasteiger partial charge in [0.25, 0.3) is 0 Å². The molecule has 1 N–H and O–H groups in total. The van der Waals surface area contributed by atoms with E-state index in [-0.39, 0.29) is 23.7 Å². The van der Waals surface area contributed by atoms with E-state index < -0.39 is 17.2 Å². The molecule has 0 amide bonds. The summed E-state index contributed by atoms with van der Waals surface area (Å²) in [6.45, 7) is 3.57. The number of carbonyl (C=O) groups is 1. The SMILES string of the molecule is CC1(C)C(C=C(F)Cl)C1C(=O)O.Cl. The van der Waals surface area contributed by atoms with Gasteiger partial charge < -0.3 is 5.11 Å². The number of halogens is 3. The fourth-order valence-electron chi connectivity index (χ4n) is 1.60. The highest BCUT2D eigenvalue weighted by molar-refractivity contribution is 6.28. The van der Waals surface area contributed by atoms with Crippen molar-refractivity contribution in [3.63, 3.8) is 0 Å². The molecule has 1 rings (SSSR count). The highest BCUT2D eigenvalue weighted by Crippen LogP contribution is 2.59. The molecule has 0 radical (unpaired) electrons. The fourth-order valence-corrected chi connectivity index (χ4v) is 1.73. The predicted molar refractivity (Wildman–Crippen MR) is 50.7 cm³/mol. The van der Waals surface area contributed by atoms with Crippen LogP contribution in [0.5, 0.6) is 0 Å². The van der Waals surface area contributed by atoms with E-state index in [2.05, 4.69) is 0 Å². The number of aliphatic carboxylic acids is 1. The van der Waals surface area contributed by atoms with E-state index >= 15 is 0 Å². The Morgan fingerprint density at radius 2 is 2.08 bits per heavy atom. The Morgan fingerprint density at radius 1 is 1.62 bits per heavy atom. The van der Waals surface area contributed by atoms with E-state index in [4.69, 9.17) is 16.7 Å². The van der Waals surface area contributed by atoms with Gasteiger partial charge in [0.05, 0.1) is 5.92 Å². The summed E-state index contributed by atoms with van der Waals surface area (Å²) < 4.78 is 12.2. The zero-order valence-corrected chi connectivity index (χ0v) is 8.82. The molecule has 2 nitrogen and oxygen atoms in total. The van der Waals surface area contributed by atoms with E-state index in [9.17, 15) is 9.18 Å². The third kappa shape index (κ3) is 2.35. The summed E-state index contributed by atoms with van der Waals surface area (Å²) in [6.07, 6.45) is 1.17. The van der Waals surface area contributed by atoms with Crippen LogP contribution in [0, 0.1) is 17.3 Å². The summed E-state index contributed by atoms with van der Waals surface area (Å²) in [7, 11) is 0. The van der Waals surface area contributed by atoms with Crippen molar-refractivity contribution >= 4 is 30.0 Å². The molecule has 1 fully saturated rings. The van der Waals surface area contributed by atoms with Crippen molar-refractivity contribution in [2.75, 3.05) is 0 Å². The van der Waals surface area contributed by atoms with Crippen LogP contribution in [0.1, 0.15) is 13.8 Å². The van der Waals surface area contributed by atoms with Crippen molar-refractivity contribution in [1.29, 1.82) is 0 Å². The maximum Gasteiger partial charge on any atom is 0.307 e. The summed E-state index contributed by atoms with van der Waals surface area (Å²) in [4.78, 5) is 10.6. The first-order valence-corrected chi connectivity index (χ1v) is 4.01. The van der Waals surface area contributed by atoms with Gasteiger partial charge in [0.2, 0.25) is 0 Å². The van der Waals surface area contributed by atoms with Crippen molar-refractivity contribution in [2.45, 2.75) is 13.8 Å². The van der Waals surface area contributed by atoms with Crippen molar-refractivity contribution in [3.05, 3.63) is 11.4 Å². The van der Waals surface area contributed by atoms with Crippen molar-refractivity contribution in [2.24, 2.45) is 17.3 Å². The Kier molecular flexibility index (Phi) is 3.76. The molecule has 2 atom stereocenters. The summed E-state index contributed by atoms with van der Waals surface area (Å²) in [5, 5.41) is 7.86. The van der Waals surface area contributed by atoms with Gasteiger partial charge in [-0.1, -0.05) is 25.4 Å². The van der Waals surface area contributed by atoms with Gasteiger partial charge >= 0.3 is 5.97 Å². The van der Waals surface area contributed by atoms with Gasteiger partial charge in [-0.15, -0.1) is 12.4 Å². The van der Waals surface area contributed by atoms with Crippen LogP contribution in [0.25, 0.3) is 0 Å². The lowest BCUT2D eigenvalue weighted by Crippen LogP contribution is -2.02. The summed E-state index contributed by atoms with van der Waals surface area (Å²) in [6, 6.07) is 0. The highest BCUT2D eigenvalue weighted by atomic mass is 35.5. The molecule has 0 aromatic carbocycles. The number of hydrogen-bond donors (Lipinski definition) is 1. The Hall–Kier alpha value is -0.280. The Morgan fingerprint density at radius 3 is 2.31 bits per heavy atom. The minimum atomic E-state index is -0.890. The van der Waals surface area contributed by atoms with Crippen LogP contribution in [0.15, 0.2) is 11.4 Å². The van der Waals surface area contributed by atoms with E-state index in [0.29, 0.717) is 0 Å². The lowest BCUT2D eigenvalue weighted by Gasteiger charge is -1.95. The van der Waals surface area contributed by atoms with Crippen LogP contribution in [0.4, 0.5) is 4.39 Å². The lowest BCUT2D eigenvalue weighted by atomic mass is 10.1. The molecular formula is C8H11Cl2FO2. The third-order valence-electron chi connectivity index (χ3n) is 2.48. The molecular weight excluding hydrogens is 218 g/mol. The number of hydrogen-bond acceptors (Lipinski definition) is 1. The van der Waals surface area contributed by atoms with E-state index in [0.717, 1.165) is 0 Å². The fraction of sp³-hybridized carbons (Fsp3) is 0.625. The number of rotatable bonds is 2. The molecule has 0 bridgehead atoms. The maximum atomic E-state index is 12.2. The molecule has 76 valence electrons. The Bertz CT molecular complexity index is 247. The van der Waals surface area contributed by atoms with Crippen molar-refractivity contribution in [3.8, 4) is 0 Å². The number of carboxylic acid groups (broad SMARTS) is 1. The lowest BCUT2D eigenvalue weighted by molar-refractivity contribution is -0.139. The van der Waals surface area contributed by atoms with Crippen LogP contribution in [-0.2, 0) is 4.79 Å². The van der Waals surface area contributed by atoms with Crippen LogP contribution < -0.4 is 0 Å². The molecule has 0 heterocycles. The van der Waals surface area contributed by atoms with Gasteiger partial charge in [-0.2, -0.15) is 4.39 Å². The van der Waals surface area contributed by atoms with E-state index in [1.807, 2.05) is 0 Å². The normalized spacial score (nSPS) is 30.6. The zero-order valence-electron chi connectivity index (χ0n) is 7.25.